The maximum Gasteiger partial charge on any atom is 0.331 e. The quantitative estimate of drug-likeness (QED) is 0.360. The smallest absolute Gasteiger partial charge is 0.331 e. The van der Waals surface area contributed by atoms with Crippen molar-refractivity contribution in [3.05, 3.63) is 46.0 Å². The van der Waals surface area contributed by atoms with Crippen LogP contribution in [0.5, 0.6) is 0 Å². The highest BCUT2D eigenvalue weighted by Crippen LogP contribution is 2.18. The van der Waals surface area contributed by atoms with E-state index in [-0.39, 0.29) is 29.8 Å². The van der Waals surface area contributed by atoms with E-state index < -0.39 is 10.9 Å². The van der Waals surface area contributed by atoms with E-state index in [2.05, 4.69) is 5.32 Å². The first-order chi connectivity index (χ1) is 10.4. The molecule has 0 aromatic heterocycles. The molecule has 0 unspecified atom stereocenters. The molecule has 7 heteroatoms. The molecule has 1 rings (SSSR count). The van der Waals surface area contributed by atoms with Crippen LogP contribution in [0.4, 0.5) is 5.69 Å². The number of esters is 1. The summed E-state index contributed by atoms with van der Waals surface area (Å²) in [6, 6.07) is 6.01. The van der Waals surface area contributed by atoms with Crippen molar-refractivity contribution in [2.45, 2.75) is 26.3 Å². The number of nitrogens with zero attached hydrogens (tertiary/aromatic N) is 1. The van der Waals surface area contributed by atoms with E-state index in [9.17, 15) is 19.7 Å². The summed E-state index contributed by atoms with van der Waals surface area (Å²) in [5, 5.41) is 13.5. The Morgan fingerprint density at radius 1 is 1.41 bits per heavy atom. The van der Waals surface area contributed by atoms with Crippen LogP contribution in [0, 0.1) is 10.1 Å². The Labute approximate surface area is 128 Å². The summed E-state index contributed by atoms with van der Waals surface area (Å²) in [4.78, 5) is 33.2. The average Bonchev–Trinajstić information content (AvgIpc) is 2.50. The van der Waals surface area contributed by atoms with Gasteiger partial charge in [-0.25, -0.2) is 4.79 Å². The number of para-hydroxylation sites is 1. The molecule has 118 valence electrons. The molecule has 0 saturated carbocycles. The van der Waals surface area contributed by atoms with Crippen molar-refractivity contribution >= 4 is 23.6 Å². The highest BCUT2D eigenvalue weighted by molar-refractivity contribution is 5.89. The highest BCUT2D eigenvalue weighted by atomic mass is 16.6. The van der Waals surface area contributed by atoms with Crippen molar-refractivity contribution in [3.63, 3.8) is 0 Å². The summed E-state index contributed by atoms with van der Waals surface area (Å²) in [6.45, 7) is 3.38. The van der Waals surface area contributed by atoms with E-state index in [0.717, 1.165) is 12.5 Å². The molecule has 1 N–H and O–H groups in total. The molecule has 7 nitrogen and oxygen atoms in total. The van der Waals surface area contributed by atoms with Gasteiger partial charge < -0.3 is 10.1 Å². The van der Waals surface area contributed by atoms with Crippen molar-refractivity contribution < 1.29 is 19.2 Å². The predicted molar refractivity (Wildman–Crippen MR) is 81.0 cm³/mol. The van der Waals surface area contributed by atoms with Crippen LogP contribution in [0.1, 0.15) is 25.8 Å². The Hall–Kier alpha value is -2.70. The van der Waals surface area contributed by atoms with Crippen LogP contribution in [0.25, 0.3) is 6.08 Å². The van der Waals surface area contributed by atoms with Gasteiger partial charge in [0.2, 0.25) is 0 Å². The Kier molecular flexibility index (Phi) is 6.75. The number of nitro groups is 1. The number of benzene rings is 1. The first-order valence-electron chi connectivity index (χ1n) is 6.81. The van der Waals surface area contributed by atoms with Crippen molar-refractivity contribution in [1.29, 1.82) is 0 Å². The van der Waals surface area contributed by atoms with Gasteiger partial charge in [-0.15, -0.1) is 0 Å². The molecule has 0 radical (unpaired) electrons. The zero-order valence-electron chi connectivity index (χ0n) is 12.4. The minimum absolute atomic E-state index is 0.00807. The lowest BCUT2D eigenvalue weighted by atomic mass is 10.1. The second-order valence-corrected chi connectivity index (χ2v) is 4.63. The summed E-state index contributed by atoms with van der Waals surface area (Å²) >= 11 is 0. The SMILES string of the molecule is CC[C@H](C)NC(=O)COC(=O)/C=C/c1ccccc1[N+](=O)[O-]. The van der Waals surface area contributed by atoms with E-state index in [4.69, 9.17) is 4.74 Å². The Morgan fingerprint density at radius 3 is 2.73 bits per heavy atom. The largest absolute Gasteiger partial charge is 0.452 e. The standard InChI is InChI=1S/C15H18N2O5/c1-3-11(2)16-14(18)10-22-15(19)9-8-12-6-4-5-7-13(12)17(20)21/h4-9,11H,3,10H2,1-2H3,(H,16,18)/b9-8+/t11-/m0/s1. The van der Waals surface area contributed by atoms with E-state index in [1.54, 1.807) is 6.07 Å². The summed E-state index contributed by atoms with van der Waals surface area (Å²) < 4.78 is 4.76. The number of carbonyl (C=O) groups is 2. The number of carbonyl (C=O) groups excluding carboxylic acids is 2. The molecule has 0 spiro atoms. The van der Waals surface area contributed by atoms with E-state index >= 15 is 0 Å². The van der Waals surface area contributed by atoms with Gasteiger partial charge in [-0.05, 0) is 25.5 Å². The summed E-state index contributed by atoms with van der Waals surface area (Å²) in [5.41, 5.74) is 0.176. The van der Waals surface area contributed by atoms with Gasteiger partial charge in [0.15, 0.2) is 6.61 Å². The third kappa shape index (κ3) is 5.74. The molecule has 0 aliphatic carbocycles. The molecule has 1 aromatic rings. The Bertz CT molecular complexity index is 583. The molecule has 0 heterocycles. The molecule has 0 aliphatic rings. The molecule has 0 bridgehead atoms. The maximum absolute atomic E-state index is 11.5. The molecule has 0 saturated heterocycles. The second kappa shape index (κ2) is 8.56. The van der Waals surface area contributed by atoms with E-state index in [1.807, 2.05) is 13.8 Å². The normalized spacial score (nSPS) is 11.9. The number of hydrogen-bond acceptors (Lipinski definition) is 5. The fourth-order valence-electron chi connectivity index (χ4n) is 1.56. The van der Waals surface area contributed by atoms with Crippen molar-refractivity contribution in [1.82, 2.24) is 5.32 Å². The number of ether oxygens (including phenoxy) is 1. The van der Waals surface area contributed by atoms with Gasteiger partial charge in [-0.1, -0.05) is 19.1 Å². The third-order valence-corrected chi connectivity index (χ3v) is 2.90. The van der Waals surface area contributed by atoms with Gasteiger partial charge >= 0.3 is 5.97 Å². The molecule has 0 aliphatic heterocycles. The fraction of sp³-hybridized carbons (Fsp3) is 0.333. The average molecular weight is 306 g/mol. The highest BCUT2D eigenvalue weighted by Gasteiger charge is 2.11. The van der Waals surface area contributed by atoms with E-state index in [1.165, 1.54) is 24.3 Å². The number of nitro benzene ring substituents is 1. The molecule has 1 aromatic carbocycles. The molecule has 22 heavy (non-hydrogen) atoms. The van der Waals surface area contributed by atoms with Gasteiger partial charge in [0, 0.05) is 18.2 Å². The van der Waals surface area contributed by atoms with Crippen molar-refractivity contribution in [2.75, 3.05) is 6.61 Å². The zero-order chi connectivity index (χ0) is 16.5. The topological polar surface area (TPSA) is 98.5 Å². The zero-order valence-corrected chi connectivity index (χ0v) is 12.4. The molecular weight excluding hydrogens is 288 g/mol. The minimum atomic E-state index is -0.738. The van der Waals surface area contributed by atoms with Gasteiger partial charge in [0.25, 0.3) is 11.6 Å². The van der Waals surface area contributed by atoms with Gasteiger partial charge in [-0.3, -0.25) is 14.9 Å². The molecule has 1 amide bonds. The molecular formula is C15H18N2O5. The van der Waals surface area contributed by atoms with Crippen LogP contribution in [0.15, 0.2) is 30.3 Å². The van der Waals surface area contributed by atoms with Crippen LogP contribution in [0.3, 0.4) is 0 Å². The number of amides is 1. The van der Waals surface area contributed by atoms with E-state index in [0.29, 0.717) is 0 Å². The lowest BCUT2D eigenvalue weighted by molar-refractivity contribution is -0.385. The number of hydrogen-bond donors (Lipinski definition) is 1. The van der Waals surface area contributed by atoms with Gasteiger partial charge in [-0.2, -0.15) is 0 Å². The Morgan fingerprint density at radius 2 is 2.09 bits per heavy atom. The van der Waals surface area contributed by atoms with Gasteiger partial charge in [0.1, 0.15) is 0 Å². The fourth-order valence-corrected chi connectivity index (χ4v) is 1.56. The predicted octanol–water partition coefficient (Wildman–Crippen LogP) is 2.07. The summed E-state index contributed by atoms with van der Waals surface area (Å²) in [7, 11) is 0. The van der Waals surface area contributed by atoms with Crippen LogP contribution in [0.2, 0.25) is 0 Å². The minimum Gasteiger partial charge on any atom is -0.452 e. The first-order valence-corrected chi connectivity index (χ1v) is 6.81. The number of nitrogens with one attached hydrogen (secondary N) is 1. The second-order valence-electron chi connectivity index (χ2n) is 4.63. The number of rotatable bonds is 7. The lowest BCUT2D eigenvalue weighted by Crippen LogP contribution is -2.35. The maximum atomic E-state index is 11.5. The summed E-state index contributed by atoms with van der Waals surface area (Å²) in [6.07, 6.45) is 3.11. The van der Waals surface area contributed by atoms with Crippen LogP contribution >= 0.6 is 0 Å². The lowest BCUT2D eigenvalue weighted by Gasteiger charge is -2.10. The van der Waals surface area contributed by atoms with Crippen molar-refractivity contribution in [3.8, 4) is 0 Å². The molecule has 0 fully saturated rings. The van der Waals surface area contributed by atoms with Crippen molar-refractivity contribution in [2.24, 2.45) is 0 Å². The first kappa shape index (κ1) is 17.4. The third-order valence-electron chi connectivity index (χ3n) is 2.90. The Balaban J connectivity index is 2.55. The van der Waals surface area contributed by atoms with Crippen LogP contribution in [-0.4, -0.2) is 29.4 Å². The van der Waals surface area contributed by atoms with Crippen LogP contribution in [-0.2, 0) is 14.3 Å². The van der Waals surface area contributed by atoms with Crippen LogP contribution < -0.4 is 5.32 Å². The summed E-state index contributed by atoms with van der Waals surface area (Å²) in [5.74, 6) is -1.13. The monoisotopic (exact) mass is 306 g/mol. The molecule has 1 atom stereocenters. The van der Waals surface area contributed by atoms with Gasteiger partial charge in [0.05, 0.1) is 10.5 Å².